The van der Waals surface area contributed by atoms with Gasteiger partial charge in [-0.1, -0.05) is 11.3 Å². The Balaban J connectivity index is 2.38. The number of hydrogen-bond donors (Lipinski definition) is 1. The molecule has 0 aliphatic heterocycles. The van der Waals surface area contributed by atoms with Crippen LogP contribution in [-0.2, 0) is 0 Å². The van der Waals surface area contributed by atoms with Crippen LogP contribution < -0.4 is 4.90 Å². The van der Waals surface area contributed by atoms with E-state index in [1.54, 1.807) is 6.20 Å². The highest BCUT2D eigenvalue weighted by molar-refractivity contribution is 7.71. The molecule has 14 heavy (non-hydrogen) atoms. The molecule has 5 nitrogen and oxygen atoms in total. The van der Waals surface area contributed by atoms with Crippen LogP contribution in [0.3, 0.4) is 0 Å². The molecule has 0 bridgehead atoms. The van der Waals surface area contributed by atoms with Gasteiger partial charge < -0.3 is 9.32 Å². The summed E-state index contributed by atoms with van der Waals surface area (Å²) in [6.45, 7) is 0. The molecule has 1 N–H and O–H groups in total. The Bertz CT molecular complexity index is 484. The molecule has 7 heteroatoms. The van der Waals surface area contributed by atoms with E-state index in [0.717, 1.165) is 10.0 Å². The van der Waals surface area contributed by atoms with E-state index in [0.29, 0.717) is 5.89 Å². The van der Waals surface area contributed by atoms with E-state index in [9.17, 15) is 0 Å². The number of aromatic amines is 1. The van der Waals surface area contributed by atoms with E-state index in [2.05, 4.69) is 15.2 Å². The molecule has 0 atom stereocenters. The lowest BCUT2D eigenvalue weighted by Crippen LogP contribution is -2.07. The standard InChI is InChI=1S/C7H8N4OS2/c1-11(2)6-8-3-4(14-6)5-9-10-7(13)12-5/h3H,1-2H3,(H,10,13). The number of nitrogens with one attached hydrogen (secondary N) is 1. The van der Waals surface area contributed by atoms with Gasteiger partial charge in [-0.05, 0) is 12.2 Å². The van der Waals surface area contributed by atoms with Crippen molar-refractivity contribution in [2.24, 2.45) is 0 Å². The van der Waals surface area contributed by atoms with Gasteiger partial charge in [-0.2, -0.15) is 0 Å². The first-order chi connectivity index (χ1) is 6.66. The zero-order valence-electron chi connectivity index (χ0n) is 7.64. The molecule has 2 rings (SSSR count). The Morgan fingerprint density at radius 3 is 2.86 bits per heavy atom. The largest absolute Gasteiger partial charge is 0.408 e. The van der Waals surface area contributed by atoms with Crippen LogP contribution in [0.1, 0.15) is 0 Å². The van der Waals surface area contributed by atoms with Crippen LogP contribution in [0.4, 0.5) is 5.13 Å². The van der Waals surface area contributed by atoms with Crippen LogP contribution in [0, 0.1) is 4.84 Å². The molecule has 0 amide bonds. The van der Waals surface area contributed by atoms with Crippen LogP contribution in [-0.4, -0.2) is 29.3 Å². The zero-order valence-corrected chi connectivity index (χ0v) is 9.28. The minimum atomic E-state index is 0.278. The minimum Gasteiger partial charge on any atom is -0.408 e. The summed E-state index contributed by atoms with van der Waals surface area (Å²) in [6.07, 6.45) is 1.72. The molecule has 0 unspecified atom stereocenters. The van der Waals surface area contributed by atoms with Crippen LogP contribution in [0.5, 0.6) is 0 Å². The van der Waals surface area contributed by atoms with Gasteiger partial charge in [0, 0.05) is 14.1 Å². The van der Waals surface area contributed by atoms with Gasteiger partial charge >= 0.3 is 0 Å². The number of aromatic nitrogens is 3. The summed E-state index contributed by atoms with van der Waals surface area (Å²) in [7, 11) is 3.87. The van der Waals surface area contributed by atoms with Gasteiger partial charge in [0.25, 0.3) is 10.7 Å². The van der Waals surface area contributed by atoms with Crippen LogP contribution in [0.15, 0.2) is 10.6 Å². The Hall–Kier alpha value is -1.21. The second-order valence-corrected chi connectivity index (χ2v) is 4.20. The topological polar surface area (TPSA) is 58.0 Å². The smallest absolute Gasteiger partial charge is 0.284 e. The molecule has 0 radical (unpaired) electrons. The van der Waals surface area contributed by atoms with E-state index in [1.807, 2.05) is 19.0 Å². The third kappa shape index (κ3) is 1.68. The SMILES string of the molecule is CN(C)c1ncc(-c2n[nH]c(=S)o2)s1. The predicted molar refractivity (Wildman–Crippen MR) is 57.1 cm³/mol. The molecule has 0 aromatic carbocycles. The molecule has 0 spiro atoms. The van der Waals surface area contributed by atoms with Crippen molar-refractivity contribution < 1.29 is 4.42 Å². The van der Waals surface area contributed by atoms with E-state index in [4.69, 9.17) is 16.6 Å². The summed E-state index contributed by atoms with van der Waals surface area (Å²) in [6, 6.07) is 0. The van der Waals surface area contributed by atoms with E-state index in [-0.39, 0.29) is 4.84 Å². The molecular formula is C7H8N4OS2. The molecule has 74 valence electrons. The molecule has 0 aliphatic carbocycles. The van der Waals surface area contributed by atoms with E-state index < -0.39 is 0 Å². The monoisotopic (exact) mass is 228 g/mol. The van der Waals surface area contributed by atoms with Crippen LogP contribution >= 0.6 is 23.6 Å². The molecule has 2 aromatic rings. The third-order valence-corrected chi connectivity index (χ3v) is 2.85. The summed E-state index contributed by atoms with van der Waals surface area (Å²) in [5, 5.41) is 7.39. The molecule has 2 heterocycles. The summed E-state index contributed by atoms with van der Waals surface area (Å²) in [5.74, 6) is 0.487. The van der Waals surface area contributed by atoms with Crippen molar-refractivity contribution >= 4 is 28.7 Å². The number of rotatable bonds is 2. The fourth-order valence-corrected chi connectivity index (χ4v) is 1.80. The second kappa shape index (κ2) is 3.50. The summed E-state index contributed by atoms with van der Waals surface area (Å²) in [5.41, 5.74) is 0. The summed E-state index contributed by atoms with van der Waals surface area (Å²) in [4.78, 5) is 7.26. The Labute approximate surface area is 89.4 Å². The van der Waals surface area contributed by atoms with Gasteiger partial charge in [-0.25, -0.2) is 10.1 Å². The maximum absolute atomic E-state index is 5.16. The van der Waals surface area contributed by atoms with Crippen LogP contribution in [0.25, 0.3) is 10.8 Å². The van der Waals surface area contributed by atoms with E-state index in [1.165, 1.54) is 11.3 Å². The van der Waals surface area contributed by atoms with Crippen molar-refractivity contribution in [3.05, 3.63) is 11.0 Å². The normalized spacial score (nSPS) is 10.4. The average molecular weight is 228 g/mol. The van der Waals surface area contributed by atoms with Gasteiger partial charge in [0.1, 0.15) is 4.88 Å². The summed E-state index contributed by atoms with van der Waals surface area (Å²) < 4.78 is 5.16. The first-order valence-corrected chi connectivity index (χ1v) is 5.08. The highest BCUT2D eigenvalue weighted by Gasteiger charge is 2.09. The van der Waals surface area contributed by atoms with Crippen molar-refractivity contribution in [1.29, 1.82) is 0 Å². The minimum absolute atomic E-state index is 0.278. The lowest BCUT2D eigenvalue weighted by Gasteiger charge is -2.04. The highest BCUT2D eigenvalue weighted by atomic mass is 32.1. The fraction of sp³-hybridized carbons (Fsp3) is 0.286. The maximum atomic E-state index is 5.16. The lowest BCUT2D eigenvalue weighted by atomic mass is 10.6. The fourth-order valence-electron chi connectivity index (χ4n) is 0.906. The van der Waals surface area contributed by atoms with Crippen molar-refractivity contribution in [3.8, 4) is 10.8 Å². The number of thiazole rings is 1. The molecule has 0 fully saturated rings. The Morgan fingerprint density at radius 1 is 1.57 bits per heavy atom. The van der Waals surface area contributed by atoms with Gasteiger partial charge in [0.05, 0.1) is 6.20 Å². The summed E-state index contributed by atoms with van der Waals surface area (Å²) >= 11 is 6.28. The molecule has 0 saturated carbocycles. The number of H-pyrrole nitrogens is 1. The average Bonchev–Trinajstić information content (AvgIpc) is 2.70. The molecule has 0 aliphatic rings. The quantitative estimate of drug-likeness (QED) is 0.796. The zero-order chi connectivity index (χ0) is 10.1. The first-order valence-electron chi connectivity index (χ1n) is 3.86. The third-order valence-electron chi connectivity index (χ3n) is 1.52. The molecule has 0 saturated heterocycles. The predicted octanol–water partition coefficient (Wildman–Crippen LogP) is 1.92. The van der Waals surface area contributed by atoms with Crippen molar-refractivity contribution in [2.75, 3.05) is 19.0 Å². The lowest BCUT2D eigenvalue weighted by molar-refractivity contribution is 0.553. The number of nitrogens with zero attached hydrogens (tertiary/aromatic N) is 3. The Morgan fingerprint density at radius 2 is 2.36 bits per heavy atom. The molecule has 2 aromatic heterocycles. The van der Waals surface area contributed by atoms with Gasteiger partial charge in [0.15, 0.2) is 5.13 Å². The number of hydrogen-bond acceptors (Lipinski definition) is 6. The van der Waals surface area contributed by atoms with Gasteiger partial charge in [-0.15, -0.1) is 5.10 Å². The van der Waals surface area contributed by atoms with Crippen LogP contribution in [0.2, 0.25) is 0 Å². The van der Waals surface area contributed by atoms with Crippen molar-refractivity contribution in [2.45, 2.75) is 0 Å². The highest BCUT2D eigenvalue weighted by Crippen LogP contribution is 2.28. The van der Waals surface area contributed by atoms with Gasteiger partial charge in [0.2, 0.25) is 0 Å². The van der Waals surface area contributed by atoms with E-state index >= 15 is 0 Å². The maximum Gasteiger partial charge on any atom is 0.284 e. The second-order valence-electron chi connectivity index (χ2n) is 2.82. The number of anilines is 1. The van der Waals surface area contributed by atoms with Gasteiger partial charge in [-0.3, -0.25) is 0 Å². The Kier molecular flexibility index (Phi) is 2.34. The van der Waals surface area contributed by atoms with Crippen molar-refractivity contribution in [3.63, 3.8) is 0 Å². The molecular weight excluding hydrogens is 220 g/mol. The first kappa shape index (κ1) is 9.35. The van der Waals surface area contributed by atoms with Crippen molar-refractivity contribution in [1.82, 2.24) is 15.2 Å².